The monoisotopic (exact) mass is 628 g/mol. The summed E-state index contributed by atoms with van der Waals surface area (Å²) >= 11 is 0. The second-order valence-corrected chi connectivity index (χ2v) is 11.5. The van der Waals surface area contributed by atoms with Gasteiger partial charge >= 0.3 is 12.0 Å². The molecule has 0 bridgehead atoms. The SMILES string of the molecule is Cc1ccccc1NC(=O)Nc1ccc(CC(=O)Nc2ccc3c(c2)CN(CCC(=O)O)C(=O)CN3CCN2CCOCC2)cc1. The third-order valence-corrected chi connectivity index (χ3v) is 8.10. The van der Waals surface area contributed by atoms with E-state index in [0.29, 0.717) is 31.1 Å². The van der Waals surface area contributed by atoms with Crippen LogP contribution in [0.4, 0.5) is 27.5 Å². The number of carboxylic acid groups (broad SMARTS) is 1. The number of para-hydroxylation sites is 1. The number of carbonyl (C=O) groups excluding carboxylic acids is 3. The van der Waals surface area contributed by atoms with Gasteiger partial charge in [-0.3, -0.25) is 19.3 Å². The maximum Gasteiger partial charge on any atom is 0.323 e. The van der Waals surface area contributed by atoms with E-state index in [1.165, 1.54) is 0 Å². The van der Waals surface area contributed by atoms with Gasteiger partial charge in [-0.2, -0.15) is 0 Å². The average molecular weight is 629 g/mol. The Morgan fingerprint density at radius 2 is 1.57 bits per heavy atom. The van der Waals surface area contributed by atoms with Gasteiger partial charge in [0.05, 0.1) is 32.6 Å². The summed E-state index contributed by atoms with van der Waals surface area (Å²) in [6.07, 6.45) is -0.0153. The molecule has 0 unspecified atom stereocenters. The molecule has 0 saturated carbocycles. The number of aryl methyl sites for hydroxylation is 1. The molecule has 4 amide bonds. The molecule has 0 radical (unpaired) electrons. The molecule has 0 aromatic heterocycles. The Balaban J connectivity index is 1.21. The molecule has 2 aliphatic heterocycles. The van der Waals surface area contributed by atoms with Crippen molar-refractivity contribution in [3.63, 3.8) is 0 Å². The lowest BCUT2D eigenvalue weighted by Gasteiger charge is -2.31. The third kappa shape index (κ3) is 9.05. The van der Waals surface area contributed by atoms with Gasteiger partial charge < -0.3 is 35.6 Å². The number of morpholine rings is 1. The first-order chi connectivity index (χ1) is 22.2. The molecule has 0 spiro atoms. The van der Waals surface area contributed by atoms with Crippen molar-refractivity contribution in [2.75, 3.05) is 73.3 Å². The molecule has 5 rings (SSSR count). The van der Waals surface area contributed by atoms with Gasteiger partial charge in [0.2, 0.25) is 11.8 Å². The van der Waals surface area contributed by atoms with E-state index >= 15 is 0 Å². The number of aliphatic carboxylic acids is 1. The third-order valence-electron chi connectivity index (χ3n) is 8.10. The minimum Gasteiger partial charge on any atom is -0.481 e. The smallest absolute Gasteiger partial charge is 0.323 e. The summed E-state index contributed by atoms with van der Waals surface area (Å²) in [7, 11) is 0. The first-order valence-corrected chi connectivity index (χ1v) is 15.4. The van der Waals surface area contributed by atoms with Crippen LogP contribution in [0, 0.1) is 6.92 Å². The predicted octanol–water partition coefficient (Wildman–Crippen LogP) is 3.78. The van der Waals surface area contributed by atoms with Crippen LogP contribution in [0.2, 0.25) is 0 Å². The van der Waals surface area contributed by atoms with Crippen LogP contribution in [0.5, 0.6) is 0 Å². The fourth-order valence-electron chi connectivity index (χ4n) is 5.56. The van der Waals surface area contributed by atoms with Gasteiger partial charge in [0.15, 0.2) is 0 Å². The molecule has 4 N–H and O–H groups in total. The highest BCUT2D eigenvalue weighted by molar-refractivity contribution is 6.00. The summed E-state index contributed by atoms with van der Waals surface area (Å²) in [4.78, 5) is 55.8. The number of nitrogens with zero attached hydrogens (tertiary/aromatic N) is 3. The van der Waals surface area contributed by atoms with E-state index in [9.17, 15) is 24.3 Å². The first kappa shape index (κ1) is 32.5. The molecular formula is C34H40N6O6. The van der Waals surface area contributed by atoms with Crippen molar-refractivity contribution in [1.82, 2.24) is 9.80 Å². The fourth-order valence-corrected chi connectivity index (χ4v) is 5.56. The van der Waals surface area contributed by atoms with Crippen LogP contribution in [0.3, 0.4) is 0 Å². The molecule has 3 aromatic rings. The minimum absolute atomic E-state index is 0.111. The van der Waals surface area contributed by atoms with Crippen LogP contribution in [-0.2, 0) is 32.1 Å². The second-order valence-electron chi connectivity index (χ2n) is 11.5. The van der Waals surface area contributed by atoms with Crippen LogP contribution in [0.15, 0.2) is 66.7 Å². The largest absolute Gasteiger partial charge is 0.481 e. The Morgan fingerprint density at radius 1 is 0.826 bits per heavy atom. The quantitative estimate of drug-likeness (QED) is 0.251. The van der Waals surface area contributed by atoms with Gasteiger partial charge in [0, 0.05) is 62.0 Å². The van der Waals surface area contributed by atoms with Gasteiger partial charge in [-0.1, -0.05) is 30.3 Å². The first-order valence-electron chi connectivity index (χ1n) is 15.4. The fraction of sp³-hybridized carbons (Fsp3) is 0.353. The Bertz CT molecular complexity index is 1560. The predicted molar refractivity (Wildman–Crippen MR) is 176 cm³/mol. The molecule has 12 nitrogen and oxygen atoms in total. The molecule has 46 heavy (non-hydrogen) atoms. The topological polar surface area (TPSA) is 144 Å². The number of fused-ring (bicyclic) bond motifs is 1. The van der Waals surface area contributed by atoms with E-state index in [2.05, 4.69) is 20.9 Å². The molecule has 1 saturated heterocycles. The van der Waals surface area contributed by atoms with Gasteiger partial charge in [0.1, 0.15) is 0 Å². The van der Waals surface area contributed by atoms with Gasteiger partial charge in [-0.15, -0.1) is 0 Å². The standard InChI is InChI=1S/C34H40N6O6/c1-24-4-2-3-5-29(24)37-34(45)36-27-8-6-25(7-9-27)20-31(41)35-28-10-11-30-26(21-28)22-40(13-12-33(43)44)32(42)23-39(30)15-14-38-16-18-46-19-17-38/h2-11,21H,12-20,22-23H2,1H3,(H,35,41)(H,43,44)(H2,36,37,45). The van der Waals surface area contributed by atoms with Crippen molar-refractivity contribution in [2.24, 2.45) is 0 Å². The highest BCUT2D eigenvalue weighted by Gasteiger charge is 2.27. The number of amides is 4. The van der Waals surface area contributed by atoms with Crippen molar-refractivity contribution in [2.45, 2.75) is 26.3 Å². The number of hydrogen-bond acceptors (Lipinski definition) is 7. The van der Waals surface area contributed by atoms with Crippen LogP contribution < -0.4 is 20.9 Å². The summed E-state index contributed by atoms with van der Waals surface area (Å²) in [5, 5.41) is 17.8. The number of carbonyl (C=O) groups is 4. The number of benzene rings is 3. The highest BCUT2D eigenvalue weighted by Crippen LogP contribution is 2.29. The minimum atomic E-state index is -0.961. The molecule has 0 atom stereocenters. The van der Waals surface area contributed by atoms with E-state index in [4.69, 9.17) is 4.74 Å². The van der Waals surface area contributed by atoms with E-state index < -0.39 is 5.97 Å². The Kier molecular flexibility index (Phi) is 10.8. The molecular weight excluding hydrogens is 588 g/mol. The lowest BCUT2D eigenvalue weighted by Crippen LogP contribution is -2.44. The van der Waals surface area contributed by atoms with Crippen molar-refractivity contribution in [3.05, 3.63) is 83.4 Å². The van der Waals surface area contributed by atoms with Crippen molar-refractivity contribution < 1.29 is 29.0 Å². The lowest BCUT2D eigenvalue weighted by molar-refractivity contribution is -0.138. The number of carboxylic acids is 1. The van der Waals surface area contributed by atoms with Crippen LogP contribution in [0.25, 0.3) is 0 Å². The Hall–Kier alpha value is -4.94. The Labute approximate surface area is 268 Å². The molecule has 2 aliphatic rings. The second kappa shape index (κ2) is 15.4. The lowest BCUT2D eigenvalue weighted by atomic mass is 10.1. The van der Waals surface area contributed by atoms with E-state index in [-0.39, 0.29) is 50.3 Å². The molecule has 242 valence electrons. The normalized spacial score (nSPS) is 15.1. The number of anilines is 4. The zero-order valence-corrected chi connectivity index (χ0v) is 26.0. The van der Waals surface area contributed by atoms with Crippen LogP contribution in [-0.4, -0.2) is 91.2 Å². The van der Waals surface area contributed by atoms with Gasteiger partial charge in [-0.25, -0.2) is 4.79 Å². The summed E-state index contributed by atoms with van der Waals surface area (Å²) in [5.74, 6) is -1.30. The average Bonchev–Trinajstić information content (AvgIpc) is 3.16. The summed E-state index contributed by atoms with van der Waals surface area (Å²) in [5.41, 5.74) is 5.39. The van der Waals surface area contributed by atoms with Crippen LogP contribution in [0.1, 0.15) is 23.1 Å². The molecule has 2 heterocycles. The zero-order chi connectivity index (χ0) is 32.5. The number of hydrogen-bond donors (Lipinski definition) is 4. The van der Waals surface area contributed by atoms with Crippen molar-refractivity contribution in [1.29, 1.82) is 0 Å². The molecule has 0 aliphatic carbocycles. The number of urea groups is 1. The summed E-state index contributed by atoms with van der Waals surface area (Å²) < 4.78 is 5.45. The van der Waals surface area contributed by atoms with Crippen molar-refractivity contribution in [3.8, 4) is 0 Å². The molecule has 12 heteroatoms. The van der Waals surface area contributed by atoms with E-state index in [0.717, 1.165) is 47.7 Å². The zero-order valence-electron chi connectivity index (χ0n) is 26.0. The van der Waals surface area contributed by atoms with Crippen LogP contribution >= 0.6 is 0 Å². The number of nitrogens with one attached hydrogen (secondary N) is 3. The molecule has 3 aromatic carbocycles. The number of ether oxygens (including phenoxy) is 1. The van der Waals surface area contributed by atoms with E-state index in [1.54, 1.807) is 29.2 Å². The van der Waals surface area contributed by atoms with Crippen molar-refractivity contribution >= 4 is 46.6 Å². The van der Waals surface area contributed by atoms with Gasteiger partial charge in [0.25, 0.3) is 0 Å². The number of rotatable bonds is 11. The Morgan fingerprint density at radius 3 is 2.30 bits per heavy atom. The maximum absolute atomic E-state index is 13.2. The molecule has 1 fully saturated rings. The summed E-state index contributed by atoms with van der Waals surface area (Å²) in [6, 6.07) is 19.8. The maximum atomic E-state index is 13.2. The van der Waals surface area contributed by atoms with Gasteiger partial charge in [-0.05, 0) is 60.0 Å². The highest BCUT2D eigenvalue weighted by atomic mass is 16.5. The summed E-state index contributed by atoms with van der Waals surface area (Å²) in [6.45, 7) is 6.90. The van der Waals surface area contributed by atoms with E-state index in [1.807, 2.05) is 54.3 Å².